The van der Waals surface area contributed by atoms with Gasteiger partial charge in [0.25, 0.3) is 5.56 Å². The predicted octanol–water partition coefficient (Wildman–Crippen LogP) is 4.79. The molecule has 30 heavy (non-hydrogen) atoms. The molecule has 0 spiro atoms. The van der Waals surface area contributed by atoms with E-state index in [-0.39, 0.29) is 11.6 Å². The van der Waals surface area contributed by atoms with Crippen LogP contribution >= 0.6 is 0 Å². The highest BCUT2D eigenvalue weighted by Gasteiger charge is 2.17. The molecule has 0 radical (unpaired) electrons. The van der Waals surface area contributed by atoms with Crippen molar-refractivity contribution < 1.29 is 0 Å². The van der Waals surface area contributed by atoms with Crippen LogP contribution in [0.5, 0.6) is 0 Å². The van der Waals surface area contributed by atoms with Gasteiger partial charge in [0, 0.05) is 31.9 Å². The summed E-state index contributed by atoms with van der Waals surface area (Å²) < 4.78 is 1.60. The number of aromatic nitrogens is 4. The molecule has 0 aliphatic rings. The van der Waals surface area contributed by atoms with Gasteiger partial charge in [-0.05, 0) is 51.7 Å². The molecule has 0 fully saturated rings. The van der Waals surface area contributed by atoms with Gasteiger partial charge in [-0.25, -0.2) is 15.0 Å². The maximum atomic E-state index is 12.6. The molecule has 0 saturated carbocycles. The minimum atomic E-state index is -0.100. The fourth-order valence-corrected chi connectivity index (χ4v) is 3.06. The SMILES string of the molecule is C=CC/C=C\C/C=C(\C)c1nccc(-c2cc(=O)n(C)c(N(CCC)C(C)C)n2)n1. The fourth-order valence-electron chi connectivity index (χ4n) is 3.06. The van der Waals surface area contributed by atoms with Gasteiger partial charge < -0.3 is 4.90 Å². The Kier molecular flexibility index (Phi) is 8.71. The van der Waals surface area contributed by atoms with Crippen LogP contribution in [-0.2, 0) is 7.05 Å². The summed E-state index contributed by atoms with van der Waals surface area (Å²) in [5, 5.41) is 0. The van der Waals surface area contributed by atoms with Crippen molar-refractivity contribution in [3.8, 4) is 11.4 Å². The lowest BCUT2D eigenvalue weighted by Crippen LogP contribution is -2.37. The molecule has 160 valence electrons. The Morgan fingerprint density at radius 1 is 1.23 bits per heavy atom. The smallest absolute Gasteiger partial charge is 0.255 e. The molecule has 2 aromatic rings. The van der Waals surface area contributed by atoms with Gasteiger partial charge >= 0.3 is 0 Å². The Labute approximate surface area is 179 Å². The van der Waals surface area contributed by atoms with E-state index in [0.29, 0.717) is 23.2 Å². The largest absolute Gasteiger partial charge is 0.340 e. The van der Waals surface area contributed by atoms with Gasteiger partial charge in [0.1, 0.15) is 0 Å². The molecule has 6 nitrogen and oxygen atoms in total. The van der Waals surface area contributed by atoms with Crippen LogP contribution in [0, 0.1) is 0 Å². The molecule has 2 rings (SSSR count). The van der Waals surface area contributed by atoms with E-state index in [4.69, 9.17) is 4.98 Å². The van der Waals surface area contributed by atoms with E-state index < -0.39 is 0 Å². The second-order valence-electron chi connectivity index (χ2n) is 7.51. The van der Waals surface area contributed by atoms with Crippen LogP contribution in [0.1, 0.15) is 52.8 Å². The molecule has 0 aliphatic carbocycles. The molecule has 0 bridgehead atoms. The summed E-state index contributed by atoms with van der Waals surface area (Å²) in [6.07, 6.45) is 12.5. The number of rotatable bonds is 10. The minimum absolute atomic E-state index is 0.100. The summed E-state index contributed by atoms with van der Waals surface area (Å²) in [7, 11) is 1.76. The Balaban J connectivity index is 2.40. The van der Waals surface area contributed by atoms with E-state index in [1.165, 1.54) is 6.07 Å². The van der Waals surface area contributed by atoms with Crippen LogP contribution in [0.25, 0.3) is 17.0 Å². The van der Waals surface area contributed by atoms with Gasteiger partial charge in [-0.1, -0.05) is 31.2 Å². The number of allylic oxidation sites excluding steroid dienone is 5. The van der Waals surface area contributed by atoms with Crippen molar-refractivity contribution in [3.63, 3.8) is 0 Å². The summed E-state index contributed by atoms with van der Waals surface area (Å²) >= 11 is 0. The van der Waals surface area contributed by atoms with Crippen LogP contribution in [0.4, 0.5) is 5.95 Å². The average Bonchev–Trinajstić information content (AvgIpc) is 2.73. The van der Waals surface area contributed by atoms with Gasteiger partial charge in [0.2, 0.25) is 5.95 Å². The molecule has 0 aromatic carbocycles. The quantitative estimate of drug-likeness (QED) is 0.530. The molecule has 2 aromatic heterocycles. The summed E-state index contributed by atoms with van der Waals surface area (Å²) in [5.41, 5.74) is 2.10. The second kappa shape index (κ2) is 11.2. The molecule has 6 heteroatoms. The molecular weight excluding hydrogens is 374 g/mol. The molecular formula is C24H33N5O. The highest BCUT2D eigenvalue weighted by molar-refractivity contribution is 5.62. The molecule has 0 amide bonds. The minimum Gasteiger partial charge on any atom is -0.340 e. The van der Waals surface area contributed by atoms with Gasteiger partial charge in [-0.3, -0.25) is 9.36 Å². The van der Waals surface area contributed by atoms with Crippen molar-refractivity contribution >= 4 is 11.5 Å². The summed E-state index contributed by atoms with van der Waals surface area (Å²) in [4.78, 5) is 28.6. The van der Waals surface area contributed by atoms with Crippen molar-refractivity contribution in [1.82, 2.24) is 19.5 Å². The third-order valence-electron chi connectivity index (χ3n) is 4.76. The molecule has 0 unspecified atom stereocenters. The van der Waals surface area contributed by atoms with Crippen LogP contribution in [-0.4, -0.2) is 32.1 Å². The third kappa shape index (κ3) is 5.99. The van der Waals surface area contributed by atoms with Crippen molar-refractivity contribution in [2.75, 3.05) is 11.4 Å². The van der Waals surface area contributed by atoms with E-state index in [0.717, 1.165) is 31.4 Å². The molecule has 0 N–H and O–H groups in total. The highest BCUT2D eigenvalue weighted by Crippen LogP contribution is 2.20. The first-order valence-corrected chi connectivity index (χ1v) is 10.5. The normalized spacial score (nSPS) is 12.0. The standard InChI is InChI=1S/C24H33N5O/c1-7-9-10-11-12-13-19(5)23-25-15-14-20(26-23)21-17-22(30)28(6)24(27-21)29(16-8-2)18(3)4/h7,10-11,13-15,17-18H,1,8-9,12,16H2,2-6H3/b11-10-,19-13+. The topological polar surface area (TPSA) is 63.9 Å². The van der Waals surface area contributed by atoms with Crippen molar-refractivity contribution in [2.24, 2.45) is 7.05 Å². The predicted molar refractivity (Wildman–Crippen MR) is 125 cm³/mol. The summed E-state index contributed by atoms with van der Waals surface area (Å²) in [6, 6.07) is 3.57. The number of hydrogen-bond donors (Lipinski definition) is 0. The Morgan fingerprint density at radius 3 is 2.63 bits per heavy atom. The maximum Gasteiger partial charge on any atom is 0.255 e. The average molecular weight is 408 g/mol. The Hall–Kier alpha value is -3.02. The highest BCUT2D eigenvalue weighted by atomic mass is 16.1. The summed E-state index contributed by atoms with van der Waals surface area (Å²) in [5.74, 6) is 1.30. The zero-order valence-corrected chi connectivity index (χ0v) is 18.8. The molecule has 2 heterocycles. The first kappa shape index (κ1) is 23.3. The van der Waals surface area contributed by atoms with E-state index in [1.807, 2.05) is 13.0 Å². The van der Waals surface area contributed by atoms with Crippen molar-refractivity contribution in [3.05, 3.63) is 65.4 Å². The van der Waals surface area contributed by atoms with Crippen molar-refractivity contribution in [1.29, 1.82) is 0 Å². The Morgan fingerprint density at radius 2 is 1.97 bits per heavy atom. The van der Waals surface area contributed by atoms with Gasteiger partial charge in [-0.2, -0.15) is 0 Å². The van der Waals surface area contributed by atoms with Gasteiger partial charge in [-0.15, -0.1) is 6.58 Å². The fraction of sp³-hybridized carbons (Fsp3) is 0.417. The van der Waals surface area contributed by atoms with E-state index >= 15 is 0 Å². The van der Waals surface area contributed by atoms with Crippen LogP contribution in [0.3, 0.4) is 0 Å². The lowest BCUT2D eigenvalue weighted by Gasteiger charge is -2.29. The number of hydrogen-bond acceptors (Lipinski definition) is 5. The first-order valence-electron chi connectivity index (χ1n) is 10.5. The monoisotopic (exact) mass is 407 g/mol. The van der Waals surface area contributed by atoms with Crippen LogP contribution in [0.2, 0.25) is 0 Å². The molecule has 0 aliphatic heterocycles. The van der Waals surface area contributed by atoms with E-state index in [2.05, 4.69) is 60.4 Å². The van der Waals surface area contributed by atoms with Crippen LogP contribution < -0.4 is 10.5 Å². The van der Waals surface area contributed by atoms with Crippen LogP contribution in [0.15, 0.2) is 54.0 Å². The molecule has 0 atom stereocenters. The lowest BCUT2D eigenvalue weighted by atomic mass is 10.2. The number of nitrogens with zero attached hydrogens (tertiary/aromatic N) is 5. The van der Waals surface area contributed by atoms with Crippen molar-refractivity contribution in [2.45, 2.75) is 53.0 Å². The molecule has 0 saturated heterocycles. The maximum absolute atomic E-state index is 12.6. The van der Waals surface area contributed by atoms with E-state index in [9.17, 15) is 4.79 Å². The zero-order valence-electron chi connectivity index (χ0n) is 18.8. The van der Waals surface area contributed by atoms with Gasteiger partial charge in [0.05, 0.1) is 11.4 Å². The zero-order chi connectivity index (χ0) is 22.1. The van der Waals surface area contributed by atoms with E-state index in [1.54, 1.807) is 23.9 Å². The van der Waals surface area contributed by atoms with Gasteiger partial charge in [0.15, 0.2) is 5.82 Å². The second-order valence-corrected chi connectivity index (χ2v) is 7.51. The third-order valence-corrected chi connectivity index (χ3v) is 4.76. The lowest BCUT2D eigenvalue weighted by molar-refractivity contribution is 0.624. The first-order chi connectivity index (χ1) is 14.4. The Bertz CT molecular complexity index is 972. The number of anilines is 1. The summed E-state index contributed by atoms with van der Waals surface area (Å²) in [6.45, 7) is 12.9.